The summed E-state index contributed by atoms with van der Waals surface area (Å²) < 4.78 is 0. The molecular weight excluding hydrogens is 204 g/mol. The van der Waals surface area contributed by atoms with Crippen LogP contribution in [0.5, 0.6) is 0 Å². The van der Waals surface area contributed by atoms with E-state index in [1.807, 2.05) is 0 Å². The first kappa shape index (κ1) is 18.6. The van der Waals surface area contributed by atoms with Gasteiger partial charge in [-0.25, -0.2) is 0 Å². The third-order valence-electron chi connectivity index (χ3n) is 3.54. The summed E-state index contributed by atoms with van der Waals surface area (Å²) in [6.45, 7) is 6.91. The van der Waals surface area contributed by atoms with Crippen molar-refractivity contribution in [3.05, 3.63) is 34.9 Å². The molecule has 0 saturated heterocycles. The van der Waals surface area contributed by atoms with Gasteiger partial charge in [0.2, 0.25) is 0 Å². The zero-order valence-electron chi connectivity index (χ0n) is 9.51. The molecule has 0 heterocycles. The standard InChI is InChI=1S/C14H20.3CH4/c1-4-11-5-7-14-12(9-11)6-8-13(14)10(2)3;;;/h5,7,9-10,13H,4,6,8H2,1-3H3;3*1H4. The topological polar surface area (TPSA) is 0 Å². The molecule has 0 aliphatic heterocycles. The maximum Gasteiger partial charge on any atom is -0.0133 e. The van der Waals surface area contributed by atoms with Gasteiger partial charge in [0.05, 0.1) is 0 Å². The van der Waals surface area contributed by atoms with E-state index in [2.05, 4.69) is 39.0 Å². The lowest BCUT2D eigenvalue weighted by atomic mass is 9.90. The average molecular weight is 236 g/mol. The predicted molar refractivity (Wildman–Crippen MR) is 81.9 cm³/mol. The molecule has 17 heavy (non-hydrogen) atoms. The summed E-state index contributed by atoms with van der Waals surface area (Å²) in [7, 11) is 0. The molecule has 0 spiro atoms. The van der Waals surface area contributed by atoms with Crippen molar-refractivity contribution in [1.29, 1.82) is 0 Å². The Morgan fingerprint density at radius 3 is 2.35 bits per heavy atom. The lowest BCUT2D eigenvalue weighted by molar-refractivity contribution is 0.496. The van der Waals surface area contributed by atoms with Crippen LogP contribution in [-0.4, -0.2) is 0 Å². The van der Waals surface area contributed by atoms with Gasteiger partial charge in [-0.2, -0.15) is 0 Å². The van der Waals surface area contributed by atoms with Crippen molar-refractivity contribution < 1.29 is 0 Å². The zero-order valence-corrected chi connectivity index (χ0v) is 9.51. The molecule has 0 saturated carbocycles. The molecule has 0 amide bonds. The highest BCUT2D eigenvalue weighted by atomic mass is 14.3. The SMILES string of the molecule is C.C.C.CCc1ccc2c(c1)CCC2C(C)C. The number of aryl methyl sites for hydroxylation is 2. The summed E-state index contributed by atoms with van der Waals surface area (Å²) >= 11 is 0. The van der Waals surface area contributed by atoms with E-state index < -0.39 is 0 Å². The third kappa shape index (κ3) is 3.59. The normalized spacial score (nSPS) is 16.6. The van der Waals surface area contributed by atoms with Crippen molar-refractivity contribution in [2.24, 2.45) is 5.92 Å². The highest BCUT2D eigenvalue weighted by molar-refractivity contribution is 5.38. The first-order chi connectivity index (χ1) is 6.72. The van der Waals surface area contributed by atoms with Gasteiger partial charge in [-0.15, -0.1) is 0 Å². The van der Waals surface area contributed by atoms with Gasteiger partial charge in [-0.3, -0.25) is 0 Å². The molecule has 1 atom stereocenters. The van der Waals surface area contributed by atoms with Crippen LogP contribution in [0, 0.1) is 5.92 Å². The summed E-state index contributed by atoms with van der Waals surface area (Å²) in [6.07, 6.45) is 3.83. The molecule has 1 aromatic rings. The second kappa shape index (κ2) is 7.53. The number of benzene rings is 1. The highest BCUT2D eigenvalue weighted by Crippen LogP contribution is 2.38. The van der Waals surface area contributed by atoms with Gasteiger partial charge in [-0.05, 0) is 47.8 Å². The number of hydrogen-bond acceptors (Lipinski definition) is 0. The fraction of sp³-hybridized carbons (Fsp3) is 0.647. The van der Waals surface area contributed by atoms with Gasteiger partial charge in [-0.1, -0.05) is 61.3 Å². The first-order valence-corrected chi connectivity index (χ1v) is 5.84. The van der Waals surface area contributed by atoms with Crippen molar-refractivity contribution in [1.82, 2.24) is 0 Å². The molecule has 0 radical (unpaired) electrons. The molecule has 1 aromatic carbocycles. The minimum absolute atomic E-state index is 0. The van der Waals surface area contributed by atoms with Gasteiger partial charge < -0.3 is 0 Å². The molecule has 0 fully saturated rings. The predicted octanol–water partition coefficient (Wildman–Crippen LogP) is 5.84. The lowest BCUT2D eigenvalue weighted by Crippen LogP contribution is -2.02. The number of rotatable bonds is 2. The Morgan fingerprint density at radius 2 is 1.82 bits per heavy atom. The molecule has 1 aliphatic rings. The van der Waals surface area contributed by atoms with Crippen molar-refractivity contribution in [3.8, 4) is 0 Å². The number of fused-ring (bicyclic) bond motifs is 1. The molecule has 0 heteroatoms. The highest BCUT2D eigenvalue weighted by Gasteiger charge is 2.24. The smallest absolute Gasteiger partial charge is 0.0133 e. The van der Waals surface area contributed by atoms with Gasteiger partial charge in [0.15, 0.2) is 0 Å². The maximum atomic E-state index is 2.41. The van der Waals surface area contributed by atoms with E-state index in [4.69, 9.17) is 0 Å². The van der Waals surface area contributed by atoms with E-state index in [0.717, 1.165) is 11.8 Å². The van der Waals surface area contributed by atoms with E-state index in [1.54, 1.807) is 11.1 Å². The second-order valence-electron chi connectivity index (χ2n) is 4.78. The van der Waals surface area contributed by atoms with Gasteiger partial charge >= 0.3 is 0 Å². The van der Waals surface area contributed by atoms with E-state index in [9.17, 15) is 0 Å². The van der Waals surface area contributed by atoms with Gasteiger partial charge in [0.25, 0.3) is 0 Å². The Balaban J connectivity index is 0. The maximum absolute atomic E-state index is 2.41. The van der Waals surface area contributed by atoms with Crippen LogP contribution in [0.15, 0.2) is 18.2 Å². The Morgan fingerprint density at radius 1 is 1.18 bits per heavy atom. The van der Waals surface area contributed by atoms with Crippen molar-refractivity contribution in [2.45, 2.75) is 68.2 Å². The first-order valence-electron chi connectivity index (χ1n) is 5.84. The molecule has 0 nitrogen and oxygen atoms in total. The van der Waals surface area contributed by atoms with Crippen LogP contribution in [-0.2, 0) is 12.8 Å². The minimum Gasteiger partial charge on any atom is -0.0776 e. The second-order valence-corrected chi connectivity index (χ2v) is 4.78. The minimum atomic E-state index is 0. The Hall–Kier alpha value is -0.780. The summed E-state index contributed by atoms with van der Waals surface area (Å²) in [5.74, 6) is 1.61. The molecule has 2 rings (SSSR count). The van der Waals surface area contributed by atoms with Crippen LogP contribution >= 0.6 is 0 Å². The van der Waals surface area contributed by atoms with Crippen molar-refractivity contribution in [2.75, 3.05) is 0 Å². The Kier molecular flexibility index (Phi) is 8.23. The van der Waals surface area contributed by atoms with Crippen LogP contribution in [0.1, 0.15) is 72.1 Å². The molecule has 0 N–H and O–H groups in total. The van der Waals surface area contributed by atoms with Crippen LogP contribution in [0.4, 0.5) is 0 Å². The van der Waals surface area contributed by atoms with E-state index in [-0.39, 0.29) is 22.3 Å². The van der Waals surface area contributed by atoms with E-state index >= 15 is 0 Å². The molecule has 0 bridgehead atoms. The zero-order chi connectivity index (χ0) is 10.1. The van der Waals surface area contributed by atoms with Crippen LogP contribution in [0.2, 0.25) is 0 Å². The Labute approximate surface area is 109 Å². The quantitative estimate of drug-likeness (QED) is 0.605. The van der Waals surface area contributed by atoms with E-state index in [0.29, 0.717) is 0 Å². The summed E-state index contributed by atoms with van der Waals surface area (Å²) in [5.41, 5.74) is 4.73. The molecule has 0 aromatic heterocycles. The molecule has 100 valence electrons. The van der Waals surface area contributed by atoms with Gasteiger partial charge in [0.1, 0.15) is 0 Å². The summed E-state index contributed by atoms with van der Waals surface area (Å²) in [6, 6.07) is 7.09. The molecular formula is C17H32. The largest absolute Gasteiger partial charge is 0.0776 e. The lowest BCUT2D eigenvalue weighted by Gasteiger charge is -2.15. The van der Waals surface area contributed by atoms with Crippen molar-refractivity contribution >= 4 is 0 Å². The third-order valence-corrected chi connectivity index (χ3v) is 3.54. The van der Waals surface area contributed by atoms with E-state index in [1.165, 1.54) is 24.8 Å². The fourth-order valence-corrected chi connectivity index (χ4v) is 2.62. The summed E-state index contributed by atoms with van der Waals surface area (Å²) in [5, 5.41) is 0. The average Bonchev–Trinajstić information content (AvgIpc) is 2.59. The summed E-state index contributed by atoms with van der Waals surface area (Å²) in [4.78, 5) is 0. The van der Waals surface area contributed by atoms with Crippen LogP contribution < -0.4 is 0 Å². The fourth-order valence-electron chi connectivity index (χ4n) is 2.62. The molecule has 1 unspecified atom stereocenters. The monoisotopic (exact) mass is 236 g/mol. The van der Waals surface area contributed by atoms with Crippen LogP contribution in [0.3, 0.4) is 0 Å². The Bertz CT molecular complexity index is 323. The van der Waals surface area contributed by atoms with Gasteiger partial charge in [0, 0.05) is 0 Å². The molecule has 1 aliphatic carbocycles. The van der Waals surface area contributed by atoms with Crippen molar-refractivity contribution in [3.63, 3.8) is 0 Å². The number of hydrogen-bond donors (Lipinski definition) is 0. The van der Waals surface area contributed by atoms with Crippen LogP contribution in [0.25, 0.3) is 0 Å².